The highest BCUT2D eigenvalue weighted by Gasteiger charge is 2.11. The molecule has 0 bridgehead atoms. The van der Waals surface area contributed by atoms with Crippen molar-refractivity contribution in [1.82, 2.24) is 9.97 Å². The van der Waals surface area contributed by atoms with Crippen molar-refractivity contribution < 1.29 is 4.39 Å². The third kappa shape index (κ3) is 2.50. The first-order valence-corrected chi connectivity index (χ1v) is 7.39. The Labute approximate surface area is 134 Å². The van der Waals surface area contributed by atoms with Crippen molar-refractivity contribution in [3.8, 4) is 11.4 Å². The van der Waals surface area contributed by atoms with Crippen molar-refractivity contribution in [3.63, 3.8) is 0 Å². The monoisotopic (exact) mass is 398 g/mol. The SMILES string of the molecule is Cc1ccc(F)cc1-c1nc(Cl)c2cc(I)ccc2n1. The van der Waals surface area contributed by atoms with Crippen LogP contribution >= 0.6 is 34.2 Å². The lowest BCUT2D eigenvalue weighted by Gasteiger charge is -2.07. The molecule has 100 valence electrons. The van der Waals surface area contributed by atoms with Crippen LogP contribution in [-0.4, -0.2) is 9.97 Å². The van der Waals surface area contributed by atoms with Crippen molar-refractivity contribution in [2.45, 2.75) is 6.92 Å². The second-order valence-corrected chi connectivity index (χ2v) is 6.06. The van der Waals surface area contributed by atoms with Crippen molar-refractivity contribution in [3.05, 3.63) is 56.5 Å². The van der Waals surface area contributed by atoms with Crippen LogP contribution in [0, 0.1) is 16.3 Å². The van der Waals surface area contributed by atoms with E-state index in [9.17, 15) is 4.39 Å². The van der Waals surface area contributed by atoms with E-state index in [1.54, 1.807) is 6.07 Å². The minimum Gasteiger partial charge on any atom is -0.228 e. The van der Waals surface area contributed by atoms with Gasteiger partial charge in [0.25, 0.3) is 0 Å². The van der Waals surface area contributed by atoms with E-state index in [1.807, 2.05) is 25.1 Å². The molecule has 20 heavy (non-hydrogen) atoms. The van der Waals surface area contributed by atoms with Crippen LogP contribution in [0.3, 0.4) is 0 Å². The van der Waals surface area contributed by atoms with Crippen LogP contribution in [-0.2, 0) is 0 Å². The van der Waals surface area contributed by atoms with Crippen LogP contribution in [0.1, 0.15) is 5.56 Å². The Hall–Kier alpha value is -1.27. The maximum absolute atomic E-state index is 13.4. The molecule has 0 radical (unpaired) electrons. The van der Waals surface area contributed by atoms with Crippen LogP contribution < -0.4 is 0 Å². The number of hydrogen-bond donors (Lipinski definition) is 0. The fraction of sp³-hybridized carbons (Fsp3) is 0.0667. The summed E-state index contributed by atoms with van der Waals surface area (Å²) in [4.78, 5) is 8.78. The molecule has 0 amide bonds. The highest BCUT2D eigenvalue weighted by molar-refractivity contribution is 14.1. The smallest absolute Gasteiger partial charge is 0.161 e. The summed E-state index contributed by atoms with van der Waals surface area (Å²) in [7, 11) is 0. The first kappa shape index (κ1) is 13.7. The molecule has 0 saturated heterocycles. The highest BCUT2D eigenvalue weighted by atomic mass is 127. The van der Waals surface area contributed by atoms with Gasteiger partial charge in [-0.25, -0.2) is 14.4 Å². The lowest BCUT2D eigenvalue weighted by molar-refractivity contribution is 0.628. The van der Waals surface area contributed by atoms with Gasteiger partial charge in [0.15, 0.2) is 5.82 Å². The van der Waals surface area contributed by atoms with Crippen molar-refractivity contribution in [1.29, 1.82) is 0 Å². The molecule has 1 aromatic heterocycles. The Morgan fingerprint density at radius 3 is 2.70 bits per heavy atom. The minimum absolute atomic E-state index is 0.312. The largest absolute Gasteiger partial charge is 0.228 e. The summed E-state index contributed by atoms with van der Waals surface area (Å²) in [6.45, 7) is 1.89. The van der Waals surface area contributed by atoms with Gasteiger partial charge in [-0.05, 0) is 65.4 Å². The van der Waals surface area contributed by atoms with E-state index in [0.29, 0.717) is 16.5 Å². The standard InChI is InChI=1S/C15H9ClFIN2/c1-8-2-3-9(17)6-11(8)15-19-13-5-4-10(18)7-12(13)14(16)20-15/h2-7H,1H3. The Morgan fingerprint density at radius 2 is 1.90 bits per heavy atom. The highest BCUT2D eigenvalue weighted by Crippen LogP contribution is 2.28. The molecule has 1 heterocycles. The van der Waals surface area contributed by atoms with E-state index in [0.717, 1.165) is 20.0 Å². The van der Waals surface area contributed by atoms with Crippen LogP contribution in [0.4, 0.5) is 4.39 Å². The zero-order chi connectivity index (χ0) is 14.3. The molecular formula is C15H9ClFIN2. The predicted molar refractivity (Wildman–Crippen MR) is 87.4 cm³/mol. The van der Waals surface area contributed by atoms with Gasteiger partial charge in [-0.2, -0.15) is 0 Å². The Bertz CT molecular complexity index is 820. The first-order chi connectivity index (χ1) is 9.54. The van der Waals surface area contributed by atoms with E-state index in [-0.39, 0.29) is 5.82 Å². The summed E-state index contributed by atoms with van der Waals surface area (Å²) in [5.74, 6) is 0.133. The van der Waals surface area contributed by atoms with Gasteiger partial charge >= 0.3 is 0 Å². The van der Waals surface area contributed by atoms with Gasteiger partial charge in [0.2, 0.25) is 0 Å². The molecule has 0 N–H and O–H groups in total. The summed E-state index contributed by atoms with van der Waals surface area (Å²) >= 11 is 8.44. The molecular weight excluding hydrogens is 390 g/mol. The zero-order valence-corrected chi connectivity index (χ0v) is 13.4. The first-order valence-electron chi connectivity index (χ1n) is 5.94. The van der Waals surface area contributed by atoms with Crippen LogP contribution in [0.5, 0.6) is 0 Å². The topological polar surface area (TPSA) is 25.8 Å². The molecule has 0 aliphatic heterocycles. The molecule has 0 aliphatic rings. The molecule has 3 aromatic rings. The third-order valence-electron chi connectivity index (χ3n) is 3.05. The quantitative estimate of drug-likeness (QED) is 0.426. The molecule has 0 saturated carbocycles. The maximum atomic E-state index is 13.4. The predicted octanol–water partition coefficient (Wildman–Crippen LogP) is 5.00. The van der Waals surface area contributed by atoms with Gasteiger partial charge in [-0.1, -0.05) is 17.7 Å². The van der Waals surface area contributed by atoms with Gasteiger partial charge in [0.1, 0.15) is 11.0 Å². The summed E-state index contributed by atoms with van der Waals surface area (Å²) in [6, 6.07) is 10.3. The van der Waals surface area contributed by atoms with Crippen molar-refractivity contribution in [2.24, 2.45) is 0 Å². The Kier molecular flexibility index (Phi) is 3.60. The maximum Gasteiger partial charge on any atom is 0.161 e. The molecule has 0 unspecified atom stereocenters. The average Bonchev–Trinajstić information content (AvgIpc) is 2.42. The molecule has 3 rings (SSSR count). The normalized spacial score (nSPS) is 11.0. The van der Waals surface area contributed by atoms with Gasteiger partial charge < -0.3 is 0 Å². The molecule has 2 nitrogen and oxygen atoms in total. The molecule has 0 spiro atoms. The fourth-order valence-corrected chi connectivity index (χ4v) is 2.74. The number of benzene rings is 2. The van der Waals surface area contributed by atoms with E-state index in [1.165, 1.54) is 12.1 Å². The molecule has 2 aromatic carbocycles. The number of nitrogens with zero attached hydrogens (tertiary/aromatic N) is 2. The summed E-state index contributed by atoms with van der Waals surface area (Å²) in [6.07, 6.45) is 0. The number of fused-ring (bicyclic) bond motifs is 1. The van der Waals surface area contributed by atoms with Crippen LogP contribution in [0.25, 0.3) is 22.3 Å². The van der Waals surface area contributed by atoms with Gasteiger partial charge in [-0.3, -0.25) is 0 Å². The summed E-state index contributed by atoms with van der Waals surface area (Å²) in [5, 5.41) is 1.18. The number of hydrogen-bond acceptors (Lipinski definition) is 2. The summed E-state index contributed by atoms with van der Waals surface area (Å²) < 4.78 is 14.5. The second-order valence-electron chi connectivity index (χ2n) is 4.46. The minimum atomic E-state index is -0.312. The van der Waals surface area contributed by atoms with Crippen LogP contribution in [0.2, 0.25) is 5.15 Å². The number of halogens is 3. The molecule has 0 aliphatic carbocycles. The zero-order valence-electron chi connectivity index (χ0n) is 10.5. The van der Waals surface area contributed by atoms with E-state index in [4.69, 9.17) is 11.6 Å². The Morgan fingerprint density at radius 1 is 1.10 bits per heavy atom. The second kappa shape index (κ2) is 5.26. The van der Waals surface area contributed by atoms with Crippen molar-refractivity contribution in [2.75, 3.05) is 0 Å². The van der Waals surface area contributed by atoms with Gasteiger partial charge in [0, 0.05) is 14.5 Å². The lowest BCUT2D eigenvalue weighted by atomic mass is 10.1. The van der Waals surface area contributed by atoms with E-state index in [2.05, 4.69) is 32.6 Å². The number of aromatic nitrogens is 2. The Balaban J connectivity index is 2.27. The molecule has 5 heteroatoms. The molecule has 0 atom stereocenters. The van der Waals surface area contributed by atoms with Gasteiger partial charge in [0.05, 0.1) is 5.52 Å². The number of rotatable bonds is 1. The van der Waals surface area contributed by atoms with E-state index < -0.39 is 0 Å². The third-order valence-corrected chi connectivity index (χ3v) is 4.01. The van der Waals surface area contributed by atoms with E-state index >= 15 is 0 Å². The van der Waals surface area contributed by atoms with Crippen molar-refractivity contribution >= 4 is 45.1 Å². The summed E-state index contributed by atoms with van der Waals surface area (Å²) in [5.41, 5.74) is 2.32. The fourth-order valence-electron chi connectivity index (χ4n) is 2.02. The average molecular weight is 399 g/mol. The van der Waals surface area contributed by atoms with Crippen LogP contribution in [0.15, 0.2) is 36.4 Å². The molecule has 0 fully saturated rings. The number of aryl methyl sites for hydroxylation is 1. The van der Waals surface area contributed by atoms with Gasteiger partial charge in [-0.15, -0.1) is 0 Å². The lowest BCUT2D eigenvalue weighted by Crippen LogP contribution is -1.95.